The number of rotatable bonds is 6. The van der Waals surface area contributed by atoms with E-state index in [0.717, 1.165) is 33.8 Å². The number of nitrogens with zero attached hydrogens (tertiary/aromatic N) is 6. The Balaban J connectivity index is 0.000000892. The molecule has 9 heteroatoms. The molecule has 0 amide bonds. The zero-order valence-electron chi connectivity index (χ0n) is 19.4. The van der Waals surface area contributed by atoms with E-state index in [-0.39, 0.29) is 13.1 Å². The van der Waals surface area contributed by atoms with Gasteiger partial charge in [-0.25, -0.2) is 0 Å². The van der Waals surface area contributed by atoms with Gasteiger partial charge in [0.1, 0.15) is 0 Å². The first-order valence-electron chi connectivity index (χ1n) is 11.4. The summed E-state index contributed by atoms with van der Waals surface area (Å²) in [6.45, 7) is 0. The molecule has 6 nitrogen and oxygen atoms in total. The average Bonchev–Trinajstić information content (AvgIpc) is 3.73. The Morgan fingerprint density at radius 3 is 1.00 bits per heavy atom. The smallest absolute Gasteiger partial charge is 0.160 e. The van der Waals surface area contributed by atoms with Crippen LogP contribution in [0, 0.1) is 6.29 Å². The summed E-state index contributed by atoms with van der Waals surface area (Å²) in [5, 5.41) is 14.6. The Bertz CT molecular complexity index is 1350. The monoisotopic (exact) mass is 566 g/mol. The van der Waals surface area contributed by atoms with E-state index in [1.54, 1.807) is 0 Å². The number of hydrogen-bond acceptors (Lipinski definition) is 3. The van der Waals surface area contributed by atoms with Gasteiger partial charge >= 0.3 is 33.3 Å². The van der Waals surface area contributed by atoms with Crippen LogP contribution < -0.4 is 0 Å². The van der Waals surface area contributed by atoms with Gasteiger partial charge in [-0.05, 0) is 18.6 Å². The second kappa shape index (κ2) is 12.0. The summed E-state index contributed by atoms with van der Waals surface area (Å²) in [6, 6.07) is 36.4. The molecule has 0 radical (unpaired) electrons. The minimum absolute atomic E-state index is 0.00694. The molecule has 0 saturated heterocycles. The van der Waals surface area contributed by atoms with E-state index in [0.29, 0.717) is 6.29 Å². The van der Waals surface area contributed by atoms with Gasteiger partial charge in [0, 0.05) is 16.7 Å². The number of benzene rings is 3. The van der Waals surface area contributed by atoms with Crippen molar-refractivity contribution >= 4 is 20.2 Å². The number of aromatic nitrogens is 6. The summed E-state index contributed by atoms with van der Waals surface area (Å²) in [5.41, 5.74) is 5.79. The molecule has 0 bridgehead atoms. The normalized spacial score (nSPS) is 10.5. The first-order valence-corrected chi connectivity index (χ1v) is 14.6. The molecule has 0 saturated carbocycles. The van der Waals surface area contributed by atoms with Crippen molar-refractivity contribution in [2.75, 3.05) is 0 Å². The largest absolute Gasteiger partial charge is 0.286 e. The Morgan fingerprint density at radius 1 is 0.459 bits per heavy atom. The van der Waals surface area contributed by atoms with E-state index in [1.807, 2.05) is 105 Å². The summed E-state index contributed by atoms with van der Waals surface area (Å²) in [6.07, 6.45) is 6.49. The topological polar surface area (TPSA) is 53.5 Å². The second-order valence-corrected chi connectivity index (χ2v) is 9.84. The molecule has 185 valence electrons. The molecule has 3 heterocycles. The molecule has 0 fully saturated rings. The third kappa shape index (κ3) is 5.82. The first kappa shape index (κ1) is 24.9. The molecule has 0 unspecified atom stereocenters. The second-order valence-electron chi connectivity index (χ2n) is 7.89. The standard InChI is InChI=1S/C28H21N6.2ClH.Mn/c1-4-10-22(11-5-1)25-16-19-32(29-25)28(33-20-17-26(30-33)23-12-6-2-7-13-23)34-21-18-27(31-34)24-14-8-3-9-15-24;;;/h1-21H;2*1H;/q-1;;;+2/p-2. The third-order valence-corrected chi connectivity index (χ3v) is 5.59. The molecule has 0 aliphatic heterocycles. The van der Waals surface area contributed by atoms with Crippen molar-refractivity contribution in [1.82, 2.24) is 29.3 Å². The van der Waals surface area contributed by atoms with Gasteiger partial charge in [-0.1, -0.05) is 109 Å². The first-order chi connectivity index (χ1) is 18.3. The van der Waals surface area contributed by atoms with Gasteiger partial charge < -0.3 is 0 Å². The maximum absolute atomic E-state index is 4.86. The van der Waals surface area contributed by atoms with Crippen LogP contribution in [0.1, 0.15) is 0 Å². The molecule has 0 aliphatic carbocycles. The summed E-state index contributed by atoms with van der Waals surface area (Å²) in [7, 11) is 9.59. The van der Waals surface area contributed by atoms with Crippen LogP contribution in [0.2, 0.25) is 0 Å². The van der Waals surface area contributed by atoms with Gasteiger partial charge in [-0.2, -0.15) is 15.3 Å². The fourth-order valence-corrected chi connectivity index (χ4v) is 3.91. The molecular formula is C28H21Cl2MnN6-. The Hall–Kier alpha value is -3.74. The molecule has 0 N–H and O–H groups in total. The predicted molar refractivity (Wildman–Crippen MR) is 144 cm³/mol. The Morgan fingerprint density at radius 2 is 0.730 bits per heavy atom. The fourth-order valence-electron chi connectivity index (χ4n) is 3.91. The van der Waals surface area contributed by atoms with E-state index in [9.17, 15) is 0 Å². The third-order valence-electron chi connectivity index (χ3n) is 5.59. The maximum atomic E-state index is 4.86. The van der Waals surface area contributed by atoms with E-state index < -0.39 is 0 Å². The number of halogens is 2. The Labute approximate surface area is 229 Å². The zero-order valence-corrected chi connectivity index (χ0v) is 22.1. The van der Waals surface area contributed by atoms with Crippen LogP contribution >= 0.6 is 20.2 Å². The van der Waals surface area contributed by atoms with Gasteiger partial charge in [0.15, 0.2) is 6.29 Å². The summed E-state index contributed by atoms with van der Waals surface area (Å²) < 4.78 is 5.43. The van der Waals surface area contributed by atoms with Gasteiger partial charge in [0.2, 0.25) is 0 Å². The van der Waals surface area contributed by atoms with Crippen molar-refractivity contribution in [3.8, 4) is 33.8 Å². The molecular weight excluding hydrogens is 546 g/mol. The summed E-state index contributed by atoms with van der Waals surface area (Å²) in [5.74, 6) is 0. The van der Waals surface area contributed by atoms with Crippen LogP contribution in [0.4, 0.5) is 0 Å². The van der Waals surface area contributed by atoms with Crippen LogP contribution in [0.3, 0.4) is 0 Å². The van der Waals surface area contributed by atoms with Gasteiger partial charge in [-0.15, -0.1) is 0 Å². The molecule has 6 rings (SSSR count). The predicted octanol–water partition coefficient (Wildman–Crippen LogP) is 7.05. The van der Waals surface area contributed by atoms with Crippen LogP contribution in [0.5, 0.6) is 0 Å². The van der Waals surface area contributed by atoms with Crippen LogP contribution in [0.15, 0.2) is 128 Å². The van der Waals surface area contributed by atoms with E-state index >= 15 is 0 Å². The SMILES string of the molecule is [Cl][Mn][Cl].c1ccc(-c2ccn([C-](n3ccc(-c4ccccc4)n3)n3ccc(-c4ccccc4)n3)n2)cc1. The molecule has 0 aliphatic rings. The molecule has 3 aromatic carbocycles. The molecule has 37 heavy (non-hydrogen) atoms. The fraction of sp³-hybridized carbons (Fsp3) is 0. The average molecular weight is 567 g/mol. The van der Waals surface area contributed by atoms with Crippen LogP contribution in [-0.2, 0) is 13.1 Å². The zero-order chi connectivity index (χ0) is 25.5. The van der Waals surface area contributed by atoms with E-state index in [2.05, 4.69) is 36.4 Å². The summed E-state index contributed by atoms with van der Waals surface area (Å²) >= 11 is 0.00694. The van der Waals surface area contributed by atoms with E-state index in [4.69, 9.17) is 35.5 Å². The van der Waals surface area contributed by atoms with Crippen molar-refractivity contribution in [2.45, 2.75) is 0 Å². The molecule has 6 aromatic rings. The van der Waals surface area contributed by atoms with Crippen LogP contribution in [-0.4, -0.2) is 29.3 Å². The van der Waals surface area contributed by atoms with Crippen molar-refractivity contribution in [3.63, 3.8) is 0 Å². The molecule has 0 spiro atoms. The number of hydrogen-bond donors (Lipinski definition) is 0. The summed E-state index contributed by atoms with van der Waals surface area (Å²) in [4.78, 5) is 0. The van der Waals surface area contributed by atoms with Gasteiger partial charge in [-0.3, -0.25) is 14.0 Å². The van der Waals surface area contributed by atoms with Crippen LogP contribution in [0.25, 0.3) is 33.8 Å². The van der Waals surface area contributed by atoms with Crippen molar-refractivity contribution in [2.24, 2.45) is 0 Å². The van der Waals surface area contributed by atoms with Crippen molar-refractivity contribution in [3.05, 3.63) is 134 Å². The molecule has 3 aromatic heterocycles. The minimum Gasteiger partial charge on any atom is -0.286 e. The quantitative estimate of drug-likeness (QED) is 0.160. The Kier molecular flexibility index (Phi) is 8.08. The maximum Gasteiger partial charge on any atom is 0.160 e. The minimum atomic E-state index is 0.00694. The van der Waals surface area contributed by atoms with Gasteiger partial charge in [0.05, 0.1) is 17.1 Å². The van der Waals surface area contributed by atoms with Crippen molar-refractivity contribution in [1.29, 1.82) is 0 Å². The van der Waals surface area contributed by atoms with Gasteiger partial charge in [0.25, 0.3) is 0 Å². The van der Waals surface area contributed by atoms with E-state index in [1.165, 1.54) is 0 Å². The van der Waals surface area contributed by atoms with Crippen molar-refractivity contribution < 1.29 is 13.1 Å². The molecule has 0 atom stereocenters.